The molecule has 0 saturated heterocycles. The maximum Gasteiger partial charge on any atom is 0.177 e. The number of fused-ring (bicyclic) bond motifs is 2. The number of furan rings is 2. The van der Waals surface area contributed by atoms with Gasteiger partial charge in [-0.2, -0.15) is 0 Å². The van der Waals surface area contributed by atoms with Crippen LogP contribution in [-0.4, -0.2) is 10.2 Å². The fraction of sp³-hybridized carbons (Fsp3) is 0.231. The second kappa shape index (κ2) is 3.28. The van der Waals surface area contributed by atoms with Crippen LogP contribution < -0.4 is 0 Å². The lowest BCUT2D eigenvalue weighted by Gasteiger charge is -2.02. The Labute approximate surface area is 97.1 Å². The monoisotopic (exact) mass is 232 g/mol. The average Bonchev–Trinajstić information content (AvgIpc) is 2.83. The molecule has 0 amide bonds. The SMILES string of the molecule is Cc1cc2c(CO)c3oc(C)cc3c(O)c2o1. The Bertz CT molecular complexity index is 660. The number of phenols is 1. The molecule has 0 spiro atoms. The van der Waals surface area contributed by atoms with E-state index in [-0.39, 0.29) is 12.4 Å². The Balaban J connectivity index is 2.60. The van der Waals surface area contributed by atoms with Gasteiger partial charge in [0.05, 0.1) is 12.0 Å². The van der Waals surface area contributed by atoms with Crippen LogP contribution in [0.25, 0.3) is 21.9 Å². The summed E-state index contributed by atoms with van der Waals surface area (Å²) in [5, 5.41) is 20.9. The van der Waals surface area contributed by atoms with Crippen molar-refractivity contribution in [3.05, 3.63) is 29.2 Å². The van der Waals surface area contributed by atoms with Crippen LogP contribution in [0, 0.1) is 13.8 Å². The predicted octanol–water partition coefficient (Wildman–Crippen LogP) is 2.99. The molecule has 4 heteroatoms. The zero-order valence-corrected chi connectivity index (χ0v) is 9.57. The van der Waals surface area contributed by atoms with E-state index >= 15 is 0 Å². The number of aliphatic hydroxyl groups is 1. The average molecular weight is 232 g/mol. The first-order valence-corrected chi connectivity index (χ1v) is 5.36. The maximum absolute atomic E-state index is 10.1. The molecule has 0 atom stereocenters. The highest BCUT2D eigenvalue weighted by atomic mass is 16.4. The van der Waals surface area contributed by atoms with Gasteiger partial charge in [0.2, 0.25) is 0 Å². The molecule has 2 N–H and O–H groups in total. The van der Waals surface area contributed by atoms with Crippen molar-refractivity contribution in [2.45, 2.75) is 20.5 Å². The summed E-state index contributed by atoms with van der Waals surface area (Å²) in [7, 11) is 0. The number of rotatable bonds is 1. The molecule has 0 fully saturated rings. The van der Waals surface area contributed by atoms with E-state index in [1.54, 1.807) is 26.0 Å². The van der Waals surface area contributed by atoms with Crippen LogP contribution >= 0.6 is 0 Å². The van der Waals surface area contributed by atoms with Gasteiger partial charge in [-0.3, -0.25) is 0 Å². The smallest absolute Gasteiger partial charge is 0.177 e. The molecule has 4 nitrogen and oxygen atoms in total. The van der Waals surface area contributed by atoms with Gasteiger partial charge in [-0.15, -0.1) is 0 Å². The third-order valence-corrected chi connectivity index (χ3v) is 2.94. The second-order valence-electron chi connectivity index (χ2n) is 4.18. The second-order valence-corrected chi connectivity index (χ2v) is 4.18. The molecule has 1 aromatic carbocycles. The summed E-state index contributed by atoms with van der Waals surface area (Å²) >= 11 is 0. The summed E-state index contributed by atoms with van der Waals surface area (Å²) in [6.07, 6.45) is 0. The van der Waals surface area contributed by atoms with Gasteiger partial charge in [0.25, 0.3) is 0 Å². The molecule has 17 heavy (non-hydrogen) atoms. The minimum absolute atomic E-state index is 0.0668. The molecule has 0 saturated carbocycles. The summed E-state index contributed by atoms with van der Waals surface area (Å²) in [4.78, 5) is 0. The van der Waals surface area contributed by atoms with E-state index in [9.17, 15) is 10.2 Å². The van der Waals surface area contributed by atoms with E-state index in [1.165, 1.54) is 0 Å². The van der Waals surface area contributed by atoms with E-state index in [0.717, 1.165) is 0 Å². The van der Waals surface area contributed by atoms with Crippen LogP contribution in [0.1, 0.15) is 17.1 Å². The van der Waals surface area contributed by atoms with Crippen LogP contribution in [0.3, 0.4) is 0 Å². The van der Waals surface area contributed by atoms with E-state index in [4.69, 9.17) is 8.83 Å². The lowest BCUT2D eigenvalue weighted by atomic mass is 10.1. The van der Waals surface area contributed by atoms with Gasteiger partial charge < -0.3 is 19.0 Å². The molecule has 0 aliphatic rings. The van der Waals surface area contributed by atoms with E-state index in [2.05, 4.69) is 0 Å². The van der Waals surface area contributed by atoms with Crippen molar-refractivity contribution >= 4 is 21.9 Å². The van der Waals surface area contributed by atoms with Gasteiger partial charge in [-0.05, 0) is 26.0 Å². The topological polar surface area (TPSA) is 66.7 Å². The highest BCUT2D eigenvalue weighted by Gasteiger charge is 2.19. The third kappa shape index (κ3) is 1.27. The highest BCUT2D eigenvalue weighted by Crippen LogP contribution is 2.40. The number of aliphatic hydroxyl groups excluding tert-OH is 1. The Hall–Kier alpha value is -1.94. The first-order valence-electron chi connectivity index (χ1n) is 5.36. The van der Waals surface area contributed by atoms with Gasteiger partial charge >= 0.3 is 0 Å². The van der Waals surface area contributed by atoms with Gasteiger partial charge in [-0.1, -0.05) is 0 Å². The minimum atomic E-state index is -0.154. The van der Waals surface area contributed by atoms with Crippen molar-refractivity contribution in [1.29, 1.82) is 0 Å². The fourth-order valence-corrected chi connectivity index (χ4v) is 2.23. The molecule has 3 rings (SSSR count). The highest BCUT2D eigenvalue weighted by molar-refractivity contribution is 6.04. The lowest BCUT2D eigenvalue weighted by Crippen LogP contribution is -1.85. The zero-order valence-electron chi connectivity index (χ0n) is 9.57. The lowest BCUT2D eigenvalue weighted by molar-refractivity contribution is 0.283. The van der Waals surface area contributed by atoms with Gasteiger partial charge in [-0.25, -0.2) is 0 Å². The number of hydrogen-bond acceptors (Lipinski definition) is 4. The number of phenolic OH excluding ortho intramolecular Hbond substituents is 1. The number of benzene rings is 1. The Morgan fingerprint density at radius 1 is 1.00 bits per heavy atom. The zero-order chi connectivity index (χ0) is 12.2. The normalized spacial score (nSPS) is 11.7. The van der Waals surface area contributed by atoms with Crippen LogP contribution in [0.5, 0.6) is 5.75 Å². The molecule has 0 radical (unpaired) electrons. The number of hydrogen-bond donors (Lipinski definition) is 2. The molecule has 0 bridgehead atoms. The van der Waals surface area contributed by atoms with Crippen molar-refractivity contribution in [3.63, 3.8) is 0 Å². The van der Waals surface area contributed by atoms with Crippen LogP contribution in [0.15, 0.2) is 21.0 Å². The molecule has 88 valence electrons. The maximum atomic E-state index is 10.1. The molecule has 0 unspecified atom stereocenters. The molecule has 0 aliphatic carbocycles. The summed E-state index contributed by atoms with van der Waals surface area (Å²) in [6.45, 7) is 3.44. The molecular formula is C13H12O4. The van der Waals surface area contributed by atoms with Crippen molar-refractivity contribution in [3.8, 4) is 5.75 Å². The first kappa shape index (κ1) is 10.2. The van der Waals surface area contributed by atoms with Crippen LogP contribution in [0.4, 0.5) is 0 Å². The van der Waals surface area contributed by atoms with Crippen molar-refractivity contribution in [2.24, 2.45) is 0 Å². The molecule has 2 aromatic heterocycles. The molecule has 0 aliphatic heterocycles. The minimum Gasteiger partial charge on any atom is -0.504 e. The third-order valence-electron chi connectivity index (χ3n) is 2.94. The summed E-state index contributed by atoms with van der Waals surface area (Å²) in [6, 6.07) is 3.53. The fourth-order valence-electron chi connectivity index (χ4n) is 2.23. The summed E-state index contributed by atoms with van der Waals surface area (Å²) in [5.74, 6) is 1.45. The number of aromatic hydroxyl groups is 1. The van der Waals surface area contributed by atoms with E-state index in [1.807, 2.05) is 0 Å². The van der Waals surface area contributed by atoms with Crippen molar-refractivity contribution in [1.82, 2.24) is 0 Å². The van der Waals surface area contributed by atoms with Crippen LogP contribution in [0.2, 0.25) is 0 Å². The van der Waals surface area contributed by atoms with Gasteiger partial charge in [0, 0.05) is 10.9 Å². The molecular weight excluding hydrogens is 220 g/mol. The quantitative estimate of drug-likeness (QED) is 0.676. The largest absolute Gasteiger partial charge is 0.504 e. The Kier molecular flexibility index (Phi) is 1.97. The Morgan fingerprint density at radius 2 is 1.59 bits per heavy atom. The van der Waals surface area contributed by atoms with Crippen molar-refractivity contribution < 1.29 is 19.0 Å². The van der Waals surface area contributed by atoms with E-state index in [0.29, 0.717) is 39.0 Å². The standard InChI is InChI=1S/C13H12O4/c1-6-3-8-10(5-14)12-9(4-7(2)16-12)11(15)13(8)17-6/h3-4,14-15H,5H2,1-2H3. The number of aryl methyl sites for hydroxylation is 2. The van der Waals surface area contributed by atoms with Crippen LogP contribution in [-0.2, 0) is 6.61 Å². The van der Waals surface area contributed by atoms with E-state index < -0.39 is 0 Å². The van der Waals surface area contributed by atoms with Gasteiger partial charge in [0.15, 0.2) is 11.3 Å². The molecule has 2 heterocycles. The molecule has 3 aromatic rings. The van der Waals surface area contributed by atoms with Gasteiger partial charge in [0.1, 0.15) is 17.1 Å². The first-order chi connectivity index (χ1) is 8.11. The van der Waals surface area contributed by atoms with Crippen molar-refractivity contribution in [2.75, 3.05) is 0 Å². The Morgan fingerprint density at radius 3 is 2.24 bits per heavy atom. The summed E-state index contributed by atoms with van der Waals surface area (Å²) in [5.41, 5.74) is 1.58. The summed E-state index contributed by atoms with van der Waals surface area (Å²) < 4.78 is 11.0. The predicted molar refractivity (Wildman–Crippen MR) is 63.0 cm³/mol.